The smallest absolute Gasteiger partial charge is 0.181 e. The number of benzene rings is 1. The Balaban J connectivity index is 2.00. The van der Waals surface area contributed by atoms with Gasteiger partial charge < -0.3 is 14.7 Å². The number of likely N-dealkylation sites (N-methyl/N-ethyl adjacent to an activating group) is 2. The summed E-state index contributed by atoms with van der Waals surface area (Å²) in [6, 6.07) is 8.84. The van der Waals surface area contributed by atoms with E-state index in [2.05, 4.69) is 92.6 Å². The van der Waals surface area contributed by atoms with E-state index in [1.165, 1.54) is 5.69 Å². The minimum absolute atomic E-state index is 0.316. The quantitative estimate of drug-likeness (QED) is 0.792. The number of nitrogens with zero attached hydrogens (tertiary/aromatic N) is 6. The molecule has 1 fully saturated rings. The van der Waals surface area contributed by atoms with Crippen LogP contribution >= 0.6 is 0 Å². The van der Waals surface area contributed by atoms with Gasteiger partial charge in [0.2, 0.25) is 0 Å². The molecular weight excluding hydrogens is 348 g/mol. The van der Waals surface area contributed by atoms with Crippen molar-refractivity contribution in [1.82, 2.24) is 24.6 Å². The van der Waals surface area contributed by atoms with Gasteiger partial charge in [0.1, 0.15) is 5.82 Å². The van der Waals surface area contributed by atoms with Crippen LogP contribution in [0, 0.1) is 5.92 Å². The maximum absolute atomic E-state index is 5.08. The summed E-state index contributed by atoms with van der Waals surface area (Å²) in [7, 11) is 8.53. The Hall–Kier alpha value is -1.92. The third-order valence-electron chi connectivity index (χ3n) is 5.94. The lowest BCUT2D eigenvalue weighted by Gasteiger charge is -2.24. The molecular formula is C22H36N6. The van der Waals surface area contributed by atoms with Gasteiger partial charge in [0, 0.05) is 57.4 Å². The summed E-state index contributed by atoms with van der Waals surface area (Å²) in [5.41, 5.74) is 2.27. The minimum Gasteiger partial charge on any atom is -0.378 e. The first-order chi connectivity index (χ1) is 13.3. The first-order valence-corrected chi connectivity index (χ1v) is 10.4. The van der Waals surface area contributed by atoms with Crippen LogP contribution in [0.2, 0.25) is 0 Å². The Labute approximate surface area is 170 Å². The van der Waals surface area contributed by atoms with Crippen LogP contribution in [0.25, 0.3) is 11.4 Å². The molecule has 154 valence electrons. The molecule has 1 aliphatic heterocycles. The normalized spacial score (nSPS) is 18.4. The zero-order valence-electron chi connectivity index (χ0n) is 18.6. The van der Waals surface area contributed by atoms with Crippen molar-refractivity contribution in [3.63, 3.8) is 0 Å². The average Bonchev–Trinajstić information content (AvgIpc) is 3.02. The molecule has 1 unspecified atom stereocenters. The van der Waals surface area contributed by atoms with Crippen LogP contribution in [0.4, 0.5) is 5.69 Å². The van der Waals surface area contributed by atoms with Crippen LogP contribution in [0.1, 0.15) is 38.6 Å². The van der Waals surface area contributed by atoms with E-state index in [0.717, 1.165) is 43.4 Å². The van der Waals surface area contributed by atoms with Crippen molar-refractivity contribution in [2.75, 3.05) is 59.3 Å². The lowest BCUT2D eigenvalue weighted by molar-refractivity contribution is 0.313. The fraction of sp³-hybridized carbons (Fsp3) is 0.636. The molecule has 0 aliphatic carbocycles. The van der Waals surface area contributed by atoms with E-state index < -0.39 is 0 Å². The molecule has 3 rings (SSSR count). The topological polar surface area (TPSA) is 40.4 Å². The Bertz CT molecular complexity index is 752. The van der Waals surface area contributed by atoms with E-state index in [9.17, 15) is 0 Å². The van der Waals surface area contributed by atoms with Gasteiger partial charge in [0.25, 0.3) is 0 Å². The highest BCUT2D eigenvalue weighted by Gasteiger charge is 2.28. The van der Waals surface area contributed by atoms with E-state index in [0.29, 0.717) is 17.9 Å². The molecule has 6 nitrogen and oxygen atoms in total. The van der Waals surface area contributed by atoms with E-state index in [1.807, 2.05) is 0 Å². The second-order valence-electron chi connectivity index (χ2n) is 8.89. The van der Waals surface area contributed by atoms with Gasteiger partial charge in [-0.3, -0.25) is 0 Å². The number of anilines is 1. The van der Waals surface area contributed by atoms with Gasteiger partial charge in [0.05, 0.1) is 6.04 Å². The number of hydrogen-bond acceptors (Lipinski definition) is 5. The standard InChI is InChI=1S/C22H36N6/c1-16(2)17(3)28-22(19-14-26(6)12-13-27(7)15-19)23-21(24-28)18-8-10-20(11-9-18)25(4)5/h8-11,16-17,19H,12-15H2,1-7H3. The molecule has 1 aromatic carbocycles. The molecule has 1 aromatic heterocycles. The van der Waals surface area contributed by atoms with E-state index >= 15 is 0 Å². The fourth-order valence-electron chi connectivity index (χ4n) is 3.72. The molecule has 1 atom stereocenters. The van der Waals surface area contributed by atoms with Crippen molar-refractivity contribution in [2.45, 2.75) is 32.7 Å². The summed E-state index contributed by atoms with van der Waals surface area (Å²) in [6.45, 7) is 11.0. The molecule has 0 spiro atoms. The number of hydrogen-bond donors (Lipinski definition) is 0. The first kappa shape index (κ1) is 20.8. The van der Waals surface area contributed by atoms with Crippen LogP contribution in [-0.2, 0) is 0 Å². The summed E-state index contributed by atoms with van der Waals surface area (Å²) >= 11 is 0. The van der Waals surface area contributed by atoms with Crippen LogP contribution in [0.15, 0.2) is 24.3 Å². The number of rotatable bonds is 5. The van der Waals surface area contributed by atoms with Crippen molar-refractivity contribution < 1.29 is 0 Å². The van der Waals surface area contributed by atoms with Gasteiger partial charge >= 0.3 is 0 Å². The van der Waals surface area contributed by atoms with Gasteiger partial charge in [-0.05, 0) is 51.2 Å². The maximum Gasteiger partial charge on any atom is 0.181 e. The third-order valence-corrected chi connectivity index (χ3v) is 5.94. The lowest BCUT2D eigenvalue weighted by Crippen LogP contribution is -2.28. The van der Waals surface area contributed by atoms with E-state index in [1.54, 1.807) is 0 Å². The van der Waals surface area contributed by atoms with Crippen molar-refractivity contribution in [3.05, 3.63) is 30.1 Å². The molecule has 1 saturated heterocycles. The lowest BCUT2D eigenvalue weighted by atomic mass is 10.0. The highest BCUT2D eigenvalue weighted by molar-refractivity contribution is 5.60. The highest BCUT2D eigenvalue weighted by Crippen LogP contribution is 2.28. The average molecular weight is 385 g/mol. The maximum atomic E-state index is 5.08. The fourth-order valence-corrected chi connectivity index (χ4v) is 3.72. The van der Waals surface area contributed by atoms with E-state index in [4.69, 9.17) is 10.1 Å². The predicted molar refractivity (Wildman–Crippen MR) is 117 cm³/mol. The van der Waals surface area contributed by atoms with Gasteiger partial charge in [-0.15, -0.1) is 0 Å². The van der Waals surface area contributed by atoms with Gasteiger partial charge in [-0.1, -0.05) is 13.8 Å². The molecule has 1 aliphatic rings. The monoisotopic (exact) mass is 384 g/mol. The Kier molecular flexibility index (Phi) is 6.40. The molecule has 6 heteroatoms. The molecule has 2 aromatic rings. The number of aromatic nitrogens is 3. The van der Waals surface area contributed by atoms with Crippen molar-refractivity contribution >= 4 is 5.69 Å². The Morgan fingerprint density at radius 2 is 1.54 bits per heavy atom. The van der Waals surface area contributed by atoms with Gasteiger partial charge in [-0.2, -0.15) is 5.10 Å². The molecule has 0 amide bonds. The first-order valence-electron chi connectivity index (χ1n) is 10.4. The van der Waals surface area contributed by atoms with Crippen molar-refractivity contribution in [3.8, 4) is 11.4 Å². The highest BCUT2D eigenvalue weighted by atomic mass is 15.4. The molecule has 0 N–H and O–H groups in total. The summed E-state index contributed by atoms with van der Waals surface area (Å²) in [5.74, 6) is 2.82. The second-order valence-corrected chi connectivity index (χ2v) is 8.89. The zero-order chi connectivity index (χ0) is 20.4. The van der Waals surface area contributed by atoms with Gasteiger partial charge in [0.15, 0.2) is 5.82 Å². The summed E-state index contributed by atoms with van der Waals surface area (Å²) in [6.07, 6.45) is 0. The molecule has 0 radical (unpaired) electrons. The third kappa shape index (κ3) is 4.55. The summed E-state index contributed by atoms with van der Waals surface area (Å²) < 4.78 is 2.19. The predicted octanol–water partition coefficient (Wildman–Crippen LogP) is 3.19. The Morgan fingerprint density at radius 3 is 2.04 bits per heavy atom. The SMILES string of the molecule is CC(C)C(C)n1nc(-c2ccc(N(C)C)cc2)nc1C1CN(C)CCN(C)C1. The van der Waals surface area contributed by atoms with E-state index in [-0.39, 0.29) is 0 Å². The van der Waals surface area contributed by atoms with Crippen LogP contribution < -0.4 is 4.90 Å². The zero-order valence-corrected chi connectivity index (χ0v) is 18.6. The second kappa shape index (κ2) is 8.62. The van der Waals surface area contributed by atoms with Crippen LogP contribution in [0.5, 0.6) is 0 Å². The van der Waals surface area contributed by atoms with Crippen molar-refractivity contribution in [2.24, 2.45) is 5.92 Å². The summed E-state index contributed by atoms with van der Waals surface area (Å²) in [5, 5.41) is 4.99. The molecule has 0 bridgehead atoms. The summed E-state index contributed by atoms with van der Waals surface area (Å²) in [4.78, 5) is 12.0. The van der Waals surface area contributed by atoms with Crippen LogP contribution in [-0.4, -0.2) is 78.9 Å². The Morgan fingerprint density at radius 1 is 0.964 bits per heavy atom. The molecule has 0 saturated carbocycles. The molecule has 28 heavy (non-hydrogen) atoms. The largest absolute Gasteiger partial charge is 0.378 e. The van der Waals surface area contributed by atoms with Crippen LogP contribution in [0.3, 0.4) is 0 Å². The van der Waals surface area contributed by atoms with Crippen molar-refractivity contribution in [1.29, 1.82) is 0 Å². The molecule has 2 heterocycles. The van der Waals surface area contributed by atoms with Gasteiger partial charge in [-0.25, -0.2) is 9.67 Å². The minimum atomic E-state index is 0.316.